The second-order valence-electron chi connectivity index (χ2n) is 7.75. The predicted octanol–water partition coefficient (Wildman–Crippen LogP) is 7.09. The highest BCUT2D eigenvalue weighted by Gasteiger charge is 2.29. The van der Waals surface area contributed by atoms with Crippen LogP contribution in [0.3, 0.4) is 0 Å². The standard InChI is InChI=1S/C24H26F2O/c1-2-3-16-4-12-22-19(14-16)5-6-20-15-18(9-13-23(20)22)17-7-10-21(11-8-17)27-24(25)26/h2-3,5,7-8,10-12,16,18,24H,4,6,9,13-15H2,1H3/b3-2-/t16-,18-/m0/s1. The van der Waals surface area contributed by atoms with Gasteiger partial charge in [0.25, 0.3) is 0 Å². The van der Waals surface area contributed by atoms with E-state index in [1.807, 2.05) is 12.1 Å². The lowest BCUT2D eigenvalue weighted by molar-refractivity contribution is -0.0498. The van der Waals surface area contributed by atoms with Gasteiger partial charge in [0.2, 0.25) is 0 Å². The molecule has 0 aliphatic heterocycles. The number of ether oxygens (including phenoxy) is 1. The number of hydrogen-bond acceptors (Lipinski definition) is 1. The molecule has 0 fully saturated rings. The van der Waals surface area contributed by atoms with Crippen LogP contribution in [0.25, 0.3) is 0 Å². The van der Waals surface area contributed by atoms with Crippen molar-refractivity contribution in [2.24, 2.45) is 5.92 Å². The zero-order chi connectivity index (χ0) is 18.8. The van der Waals surface area contributed by atoms with Crippen molar-refractivity contribution < 1.29 is 13.5 Å². The van der Waals surface area contributed by atoms with Gasteiger partial charge in [-0.1, -0.05) is 42.0 Å². The van der Waals surface area contributed by atoms with Crippen LogP contribution in [-0.2, 0) is 0 Å². The second-order valence-corrected chi connectivity index (χ2v) is 7.75. The van der Waals surface area contributed by atoms with Gasteiger partial charge in [-0.2, -0.15) is 8.78 Å². The smallest absolute Gasteiger partial charge is 0.387 e. The maximum Gasteiger partial charge on any atom is 0.387 e. The number of halogens is 2. The Kier molecular flexibility index (Phi) is 5.29. The molecular formula is C24H26F2O. The first-order chi connectivity index (χ1) is 13.1. The van der Waals surface area contributed by atoms with Gasteiger partial charge < -0.3 is 4.74 Å². The molecule has 0 bridgehead atoms. The van der Waals surface area contributed by atoms with Gasteiger partial charge in [0.15, 0.2) is 0 Å². The second kappa shape index (κ2) is 7.84. The van der Waals surface area contributed by atoms with E-state index in [0.29, 0.717) is 11.8 Å². The summed E-state index contributed by atoms with van der Waals surface area (Å²) < 4.78 is 29.1. The summed E-state index contributed by atoms with van der Waals surface area (Å²) in [5.74, 6) is 1.36. The molecule has 0 amide bonds. The highest BCUT2D eigenvalue weighted by Crippen LogP contribution is 2.47. The molecule has 1 aromatic rings. The van der Waals surface area contributed by atoms with Crippen molar-refractivity contribution in [2.75, 3.05) is 0 Å². The van der Waals surface area contributed by atoms with Crippen LogP contribution in [0.15, 0.2) is 70.9 Å². The van der Waals surface area contributed by atoms with Gasteiger partial charge >= 0.3 is 6.61 Å². The summed E-state index contributed by atoms with van der Waals surface area (Å²) in [6.07, 6.45) is 16.1. The Morgan fingerprint density at radius 1 is 1.11 bits per heavy atom. The van der Waals surface area contributed by atoms with Gasteiger partial charge in [-0.3, -0.25) is 0 Å². The predicted molar refractivity (Wildman–Crippen MR) is 105 cm³/mol. The third-order valence-electron chi connectivity index (χ3n) is 6.08. The van der Waals surface area contributed by atoms with Gasteiger partial charge in [-0.05, 0) is 91.7 Å². The zero-order valence-electron chi connectivity index (χ0n) is 15.8. The highest BCUT2D eigenvalue weighted by molar-refractivity contribution is 5.55. The number of rotatable bonds is 4. The Morgan fingerprint density at radius 3 is 2.67 bits per heavy atom. The van der Waals surface area contributed by atoms with Crippen LogP contribution in [0, 0.1) is 5.92 Å². The molecule has 142 valence electrons. The minimum absolute atomic E-state index is 0.234. The summed E-state index contributed by atoms with van der Waals surface area (Å²) in [5.41, 5.74) is 7.42. The average molecular weight is 368 g/mol. The highest BCUT2D eigenvalue weighted by atomic mass is 19.3. The zero-order valence-corrected chi connectivity index (χ0v) is 15.8. The van der Waals surface area contributed by atoms with Crippen LogP contribution in [0.5, 0.6) is 5.75 Å². The van der Waals surface area contributed by atoms with Crippen molar-refractivity contribution >= 4 is 0 Å². The minimum atomic E-state index is -2.77. The molecule has 0 aromatic heterocycles. The summed E-state index contributed by atoms with van der Waals surface area (Å²) >= 11 is 0. The molecule has 0 heterocycles. The Morgan fingerprint density at radius 2 is 1.93 bits per heavy atom. The van der Waals surface area contributed by atoms with Crippen molar-refractivity contribution in [1.29, 1.82) is 0 Å². The molecule has 1 nitrogen and oxygen atoms in total. The maximum atomic E-state index is 12.3. The number of alkyl halides is 2. The fraction of sp³-hybridized carbons (Fsp3) is 0.417. The van der Waals surface area contributed by atoms with Crippen LogP contribution in [-0.4, -0.2) is 6.61 Å². The maximum absolute atomic E-state index is 12.3. The van der Waals surface area contributed by atoms with Gasteiger partial charge in [-0.15, -0.1) is 0 Å². The molecule has 0 spiro atoms. The summed E-state index contributed by atoms with van der Waals surface area (Å²) in [6, 6.07) is 7.21. The van der Waals surface area contributed by atoms with Crippen LogP contribution in [0.1, 0.15) is 56.9 Å². The first kappa shape index (κ1) is 18.2. The Labute approximate surface area is 160 Å². The lowest BCUT2D eigenvalue weighted by Crippen LogP contribution is -2.17. The first-order valence-corrected chi connectivity index (χ1v) is 9.92. The van der Waals surface area contributed by atoms with Crippen molar-refractivity contribution in [3.8, 4) is 5.75 Å². The monoisotopic (exact) mass is 368 g/mol. The van der Waals surface area contributed by atoms with E-state index in [1.54, 1.807) is 23.3 Å². The Balaban J connectivity index is 1.48. The van der Waals surface area contributed by atoms with Crippen molar-refractivity contribution in [3.05, 3.63) is 76.4 Å². The molecule has 1 aromatic carbocycles. The number of fused-ring (bicyclic) bond motifs is 2. The first-order valence-electron chi connectivity index (χ1n) is 9.92. The lowest BCUT2D eigenvalue weighted by Gasteiger charge is -2.35. The summed E-state index contributed by atoms with van der Waals surface area (Å²) in [5, 5.41) is 0. The third kappa shape index (κ3) is 3.92. The van der Waals surface area contributed by atoms with Crippen molar-refractivity contribution in [3.63, 3.8) is 0 Å². The molecular weight excluding hydrogens is 342 g/mol. The van der Waals surface area contributed by atoms with Gasteiger partial charge in [0.1, 0.15) is 5.75 Å². The molecule has 0 saturated heterocycles. The largest absolute Gasteiger partial charge is 0.435 e. The molecule has 0 saturated carbocycles. The molecule has 27 heavy (non-hydrogen) atoms. The SMILES string of the molecule is C/C=C\[C@H]1CC=C2C(=CCC3=C2CC[C@H](c2ccc(OC(F)F)cc2)C3)C1. The number of benzene rings is 1. The summed E-state index contributed by atoms with van der Waals surface area (Å²) in [7, 11) is 0. The third-order valence-corrected chi connectivity index (χ3v) is 6.08. The molecule has 0 N–H and O–H groups in total. The van der Waals surface area contributed by atoms with Crippen molar-refractivity contribution in [2.45, 2.75) is 58.0 Å². The normalized spacial score (nSPS) is 25.2. The van der Waals surface area contributed by atoms with E-state index in [0.717, 1.165) is 32.1 Å². The van der Waals surface area contributed by atoms with Crippen LogP contribution in [0.4, 0.5) is 8.78 Å². The summed E-state index contributed by atoms with van der Waals surface area (Å²) in [6.45, 7) is -0.666. The van der Waals surface area contributed by atoms with Gasteiger partial charge in [0.05, 0.1) is 0 Å². The van der Waals surface area contributed by atoms with E-state index in [1.165, 1.54) is 23.1 Å². The van der Waals surface area contributed by atoms with E-state index >= 15 is 0 Å². The molecule has 3 aliphatic carbocycles. The van der Waals surface area contributed by atoms with E-state index < -0.39 is 6.61 Å². The molecule has 0 radical (unpaired) electrons. The quantitative estimate of drug-likeness (QED) is 0.515. The average Bonchev–Trinajstić information content (AvgIpc) is 2.67. The van der Waals surface area contributed by atoms with Gasteiger partial charge in [0, 0.05) is 0 Å². The van der Waals surface area contributed by atoms with Crippen LogP contribution < -0.4 is 4.74 Å². The fourth-order valence-electron chi connectivity index (χ4n) is 4.81. The Hall–Kier alpha value is -2.16. The van der Waals surface area contributed by atoms with Crippen LogP contribution >= 0.6 is 0 Å². The number of allylic oxidation sites excluding steroid dienone is 8. The van der Waals surface area contributed by atoms with E-state index in [4.69, 9.17) is 0 Å². The van der Waals surface area contributed by atoms with Crippen LogP contribution in [0.2, 0.25) is 0 Å². The molecule has 4 rings (SSSR count). The minimum Gasteiger partial charge on any atom is -0.435 e. The van der Waals surface area contributed by atoms with E-state index in [9.17, 15) is 8.78 Å². The van der Waals surface area contributed by atoms with E-state index in [2.05, 4.69) is 36.0 Å². The summed E-state index contributed by atoms with van der Waals surface area (Å²) in [4.78, 5) is 0. The topological polar surface area (TPSA) is 9.23 Å². The molecule has 2 atom stereocenters. The van der Waals surface area contributed by atoms with E-state index in [-0.39, 0.29) is 5.75 Å². The van der Waals surface area contributed by atoms with Gasteiger partial charge in [-0.25, -0.2) is 0 Å². The van der Waals surface area contributed by atoms with Crippen molar-refractivity contribution in [1.82, 2.24) is 0 Å². The molecule has 0 unspecified atom stereocenters. The fourth-order valence-corrected chi connectivity index (χ4v) is 4.81. The lowest BCUT2D eigenvalue weighted by atomic mass is 9.70. The molecule has 3 aliphatic rings. The Bertz CT molecular complexity index is 811. The number of hydrogen-bond donors (Lipinski definition) is 0. The molecule has 3 heteroatoms.